The molecule has 4 heteroatoms. The van der Waals surface area contributed by atoms with Crippen LogP contribution in [0.15, 0.2) is 24.3 Å². The predicted octanol–water partition coefficient (Wildman–Crippen LogP) is 2.24. The van der Waals surface area contributed by atoms with Gasteiger partial charge >= 0.3 is 5.97 Å². The van der Waals surface area contributed by atoms with Gasteiger partial charge in [-0.05, 0) is 25.0 Å². The first kappa shape index (κ1) is 12.3. The molecule has 2 rings (SSSR count). The number of hydrogen-bond acceptors (Lipinski definition) is 3. The summed E-state index contributed by atoms with van der Waals surface area (Å²) in [6.07, 6.45) is 1.99. The summed E-state index contributed by atoms with van der Waals surface area (Å²) in [4.78, 5) is 23.3. The second-order valence-corrected chi connectivity index (χ2v) is 4.54. The fraction of sp³-hybridized carbons (Fsp3) is 0.357. The SMILES string of the molecule is N#Cc1ccc(C(=O)[C@@H]2CCC[C@H]2C(=O)O)cc1. The number of nitrogens with zero attached hydrogens (tertiary/aromatic N) is 1. The molecule has 1 saturated carbocycles. The molecule has 0 aromatic heterocycles. The molecule has 0 radical (unpaired) electrons. The molecule has 92 valence electrons. The van der Waals surface area contributed by atoms with Gasteiger partial charge in [0.05, 0.1) is 17.6 Å². The highest BCUT2D eigenvalue weighted by Crippen LogP contribution is 2.34. The Morgan fingerprint density at radius 3 is 2.33 bits per heavy atom. The smallest absolute Gasteiger partial charge is 0.307 e. The van der Waals surface area contributed by atoms with Crippen LogP contribution in [0.5, 0.6) is 0 Å². The predicted molar refractivity (Wildman–Crippen MR) is 64.0 cm³/mol. The number of carbonyl (C=O) groups excluding carboxylic acids is 1. The summed E-state index contributed by atoms with van der Waals surface area (Å²) in [6, 6.07) is 8.34. The third kappa shape index (κ3) is 2.25. The zero-order valence-electron chi connectivity index (χ0n) is 9.80. The van der Waals surface area contributed by atoms with Gasteiger partial charge in [0.25, 0.3) is 0 Å². The summed E-state index contributed by atoms with van der Waals surface area (Å²) in [5.41, 5.74) is 0.986. The molecule has 1 aromatic carbocycles. The Balaban J connectivity index is 2.20. The van der Waals surface area contributed by atoms with Crippen LogP contribution in [0.4, 0.5) is 0 Å². The summed E-state index contributed by atoms with van der Waals surface area (Å²) in [5, 5.41) is 17.7. The fourth-order valence-corrected chi connectivity index (χ4v) is 2.49. The van der Waals surface area contributed by atoms with Gasteiger partial charge in [0.15, 0.2) is 5.78 Å². The number of Topliss-reactive ketones (excluding diaryl/α,β-unsaturated/α-hetero) is 1. The zero-order chi connectivity index (χ0) is 13.1. The summed E-state index contributed by atoms with van der Waals surface area (Å²) in [5.74, 6) is -1.99. The van der Waals surface area contributed by atoms with Gasteiger partial charge in [-0.3, -0.25) is 9.59 Å². The van der Waals surface area contributed by atoms with E-state index in [9.17, 15) is 9.59 Å². The highest BCUT2D eigenvalue weighted by atomic mass is 16.4. The third-order valence-electron chi connectivity index (χ3n) is 3.47. The summed E-state index contributed by atoms with van der Waals surface area (Å²) in [6.45, 7) is 0. The van der Waals surface area contributed by atoms with Gasteiger partial charge in [-0.1, -0.05) is 18.6 Å². The number of aliphatic carboxylic acids is 1. The number of ketones is 1. The molecule has 0 bridgehead atoms. The van der Waals surface area contributed by atoms with Crippen LogP contribution < -0.4 is 0 Å². The molecule has 1 N–H and O–H groups in total. The molecule has 0 saturated heterocycles. The number of carboxylic acids is 1. The summed E-state index contributed by atoms with van der Waals surface area (Å²) >= 11 is 0. The van der Waals surface area contributed by atoms with E-state index in [1.165, 1.54) is 0 Å². The lowest BCUT2D eigenvalue weighted by atomic mass is 9.88. The van der Waals surface area contributed by atoms with E-state index in [1.54, 1.807) is 24.3 Å². The van der Waals surface area contributed by atoms with Crippen molar-refractivity contribution < 1.29 is 14.7 Å². The van der Waals surface area contributed by atoms with Crippen LogP contribution in [-0.4, -0.2) is 16.9 Å². The molecule has 1 aromatic rings. The molecule has 0 heterocycles. The molecule has 0 unspecified atom stereocenters. The van der Waals surface area contributed by atoms with Crippen molar-refractivity contribution in [3.63, 3.8) is 0 Å². The minimum absolute atomic E-state index is 0.121. The van der Waals surface area contributed by atoms with Crippen LogP contribution in [0.25, 0.3) is 0 Å². The van der Waals surface area contributed by atoms with Crippen LogP contribution in [0.3, 0.4) is 0 Å². The van der Waals surface area contributed by atoms with E-state index < -0.39 is 17.8 Å². The van der Waals surface area contributed by atoms with E-state index in [4.69, 9.17) is 10.4 Å². The number of nitriles is 1. The van der Waals surface area contributed by atoms with Crippen molar-refractivity contribution in [3.05, 3.63) is 35.4 Å². The fourth-order valence-electron chi connectivity index (χ4n) is 2.49. The number of benzene rings is 1. The first-order chi connectivity index (χ1) is 8.63. The number of carbonyl (C=O) groups is 2. The van der Waals surface area contributed by atoms with Crippen molar-refractivity contribution in [1.82, 2.24) is 0 Å². The lowest BCUT2D eigenvalue weighted by Crippen LogP contribution is -2.25. The maximum Gasteiger partial charge on any atom is 0.307 e. The Kier molecular flexibility index (Phi) is 3.42. The molecular weight excluding hydrogens is 230 g/mol. The molecule has 4 nitrogen and oxygen atoms in total. The molecule has 18 heavy (non-hydrogen) atoms. The third-order valence-corrected chi connectivity index (χ3v) is 3.47. The average Bonchev–Trinajstić information content (AvgIpc) is 2.87. The summed E-state index contributed by atoms with van der Waals surface area (Å²) < 4.78 is 0. The molecule has 0 spiro atoms. The largest absolute Gasteiger partial charge is 0.481 e. The topological polar surface area (TPSA) is 78.2 Å². The second-order valence-electron chi connectivity index (χ2n) is 4.54. The molecule has 1 aliphatic rings. The van der Waals surface area contributed by atoms with Gasteiger partial charge in [-0.2, -0.15) is 5.26 Å². The second kappa shape index (κ2) is 5.01. The zero-order valence-corrected chi connectivity index (χ0v) is 9.80. The standard InChI is InChI=1S/C14H13NO3/c15-8-9-4-6-10(7-5-9)13(16)11-2-1-3-12(11)14(17)18/h4-7,11-12H,1-3H2,(H,17,18)/t11-,12-/m1/s1. The van der Waals surface area contributed by atoms with Crippen molar-refractivity contribution in [2.75, 3.05) is 0 Å². The Morgan fingerprint density at radius 1 is 1.17 bits per heavy atom. The van der Waals surface area contributed by atoms with Crippen molar-refractivity contribution >= 4 is 11.8 Å². The normalized spacial score (nSPS) is 22.4. The molecule has 1 fully saturated rings. The number of hydrogen-bond donors (Lipinski definition) is 1. The van der Waals surface area contributed by atoms with E-state index in [0.29, 0.717) is 24.0 Å². The van der Waals surface area contributed by atoms with Crippen LogP contribution in [0.2, 0.25) is 0 Å². The highest BCUT2D eigenvalue weighted by Gasteiger charge is 2.37. The van der Waals surface area contributed by atoms with Crippen molar-refractivity contribution in [2.24, 2.45) is 11.8 Å². The van der Waals surface area contributed by atoms with Gasteiger partial charge in [0, 0.05) is 11.5 Å². The van der Waals surface area contributed by atoms with Gasteiger partial charge in [0.2, 0.25) is 0 Å². The Morgan fingerprint density at radius 2 is 1.78 bits per heavy atom. The molecule has 0 aliphatic heterocycles. The molecular formula is C14H13NO3. The molecule has 1 aliphatic carbocycles. The van der Waals surface area contributed by atoms with E-state index >= 15 is 0 Å². The van der Waals surface area contributed by atoms with Gasteiger partial charge in [-0.15, -0.1) is 0 Å². The number of carboxylic acid groups (broad SMARTS) is 1. The quantitative estimate of drug-likeness (QED) is 0.826. The van der Waals surface area contributed by atoms with Gasteiger partial charge in [0.1, 0.15) is 0 Å². The van der Waals surface area contributed by atoms with Crippen LogP contribution >= 0.6 is 0 Å². The lowest BCUT2D eigenvalue weighted by Gasteiger charge is -2.14. The van der Waals surface area contributed by atoms with E-state index in [1.807, 2.05) is 6.07 Å². The van der Waals surface area contributed by atoms with E-state index in [-0.39, 0.29) is 5.78 Å². The van der Waals surface area contributed by atoms with Gasteiger partial charge < -0.3 is 5.11 Å². The highest BCUT2D eigenvalue weighted by molar-refractivity contribution is 6.00. The monoisotopic (exact) mass is 243 g/mol. The maximum absolute atomic E-state index is 12.2. The Hall–Kier alpha value is -2.15. The Bertz CT molecular complexity index is 513. The van der Waals surface area contributed by atoms with Crippen LogP contribution in [0, 0.1) is 23.2 Å². The van der Waals surface area contributed by atoms with Crippen molar-refractivity contribution in [3.8, 4) is 6.07 Å². The minimum Gasteiger partial charge on any atom is -0.481 e. The molecule has 0 amide bonds. The van der Waals surface area contributed by atoms with Crippen LogP contribution in [-0.2, 0) is 4.79 Å². The van der Waals surface area contributed by atoms with E-state index in [2.05, 4.69) is 0 Å². The Labute approximate surface area is 105 Å². The van der Waals surface area contributed by atoms with Crippen LogP contribution in [0.1, 0.15) is 35.2 Å². The lowest BCUT2D eigenvalue weighted by molar-refractivity contribution is -0.142. The first-order valence-corrected chi connectivity index (χ1v) is 5.90. The summed E-state index contributed by atoms with van der Waals surface area (Å²) in [7, 11) is 0. The van der Waals surface area contributed by atoms with Crippen molar-refractivity contribution in [2.45, 2.75) is 19.3 Å². The van der Waals surface area contributed by atoms with Crippen molar-refractivity contribution in [1.29, 1.82) is 5.26 Å². The minimum atomic E-state index is -0.889. The number of rotatable bonds is 3. The molecule has 2 atom stereocenters. The van der Waals surface area contributed by atoms with E-state index in [0.717, 1.165) is 6.42 Å². The maximum atomic E-state index is 12.2. The first-order valence-electron chi connectivity index (χ1n) is 5.90. The van der Waals surface area contributed by atoms with Gasteiger partial charge in [-0.25, -0.2) is 0 Å². The average molecular weight is 243 g/mol.